The van der Waals surface area contributed by atoms with Gasteiger partial charge >= 0.3 is 18.4 Å². The number of halogens is 5. The predicted molar refractivity (Wildman–Crippen MR) is 101 cm³/mol. The van der Waals surface area contributed by atoms with E-state index in [4.69, 9.17) is 0 Å². The molecule has 0 radical (unpaired) electrons. The Balaban J connectivity index is 1.68. The summed E-state index contributed by atoms with van der Waals surface area (Å²) in [6.07, 6.45) is -4.07. The highest BCUT2D eigenvalue weighted by atomic mass is 19.4. The van der Waals surface area contributed by atoms with E-state index in [2.05, 4.69) is 15.4 Å². The Morgan fingerprint density at radius 3 is 2.56 bits per heavy atom. The highest BCUT2D eigenvalue weighted by Gasteiger charge is 2.47. The first-order valence-electron chi connectivity index (χ1n) is 9.87. The van der Waals surface area contributed by atoms with Crippen LogP contribution in [0.25, 0.3) is 0 Å². The zero-order valence-corrected chi connectivity index (χ0v) is 17.1. The summed E-state index contributed by atoms with van der Waals surface area (Å²) in [6, 6.07) is 0.199. The van der Waals surface area contributed by atoms with Gasteiger partial charge in [-0.15, -0.1) is 13.2 Å². The van der Waals surface area contributed by atoms with Crippen molar-refractivity contribution in [1.82, 2.24) is 20.4 Å². The van der Waals surface area contributed by atoms with Crippen molar-refractivity contribution in [2.75, 3.05) is 20.1 Å². The molecule has 0 aromatic heterocycles. The lowest BCUT2D eigenvalue weighted by molar-refractivity contribution is -0.274. The fourth-order valence-corrected chi connectivity index (χ4v) is 3.71. The molecular weight excluding hydrogens is 443 g/mol. The van der Waals surface area contributed by atoms with Gasteiger partial charge < -0.3 is 30.3 Å². The number of carbonyl (C=O) groups is 2. The Labute approximate surface area is 180 Å². The number of urea groups is 2. The number of alkyl halides is 4. The van der Waals surface area contributed by atoms with E-state index in [0.717, 1.165) is 17.0 Å². The second-order valence-electron chi connectivity index (χ2n) is 7.81. The van der Waals surface area contributed by atoms with Crippen molar-refractivity contribution in [3.05, 3.63) is 29.6 Å². The highest BCUT2D eigenvalue weighted by Crippen LogP contribution is 2.34. The first-order valence-corrected chi connectivity index (χ1v) is 9.87. The van der Waals surface area contributed by atoms with Gasteiger partial charge in [0.25, 0.3) is 0 Å². The van der Waals surface area contributed by atoms with Gasteiger partial charge in [-0.3, -0.25) is 0 Å². The molecule has 32 heavy (non-hydrogen) atoms. The van der Waals surface area contributed by atoms with E-state index < -0.39 is 54.9 Å². The minimum Gasteiger partial charge on any atom is -0.406 e. The number of benzene rings is 1. The summed E-state index contributed by atoms with van der Waals surface area (Å²) >= 11 is 0. The molecule has 0 bridgehead atoms. The topological polar surface area (TPSA) is 94.1 Å². The quantitative estimate of drug-likeness (QED) is 0.582. The third-order valence-corrected chi connectivity index (χ3v) is 5.17. The van der Waals surface area contributed by atoms with Crippen LogP contribution in [-0.2, 0) is 6.54 Å². The molecule has 1 saturated heterocycles. The molecule has 1 heterocycles. The van der Waals surface area contributed by atoms with Crippen molar-refractivity contribution >= 4 is 12.1 Å². The van der Waals surface area contributed by atoms with Crippen LogP contribution in [0, 0.1) is 5.82 Å². The first kappa shape index (κ1) is 23.8. The zero-order valence-electron chi connectivity index (χ0n) is 17.1. The molecule has 2 fully saturated rings. The predicted octanol–water partition coefficient (Wildman–Crippen LogP) is 2.47. The number of hydrogen-bond acceptors (Lipinski definition) is 4. The van der Waals surface area contributed by atoms with Gasteiger partial charge in [-0.1, -0.05) is 6.07 Å². The number of nitrogens with one attached hydrogen (secondary N) is 2. The Morgan fingerprint density at radius 2 is 2.00 bits per heavy atom. The highest BCUT2D eigenvalue weighted by molar-refractivity contribution is 5.76. The number of hydrogen-bond donors (Lipinski definition) is 3. The number of likely N-dealkylation sites (tertiary alicyclic amines) is 1. The molecule has 13 heteroatoms. The molecule has 178 valence electrons. The fraction of sp³-hybridized carbons (Fsp3) is 0.579. The standard InChI is InChI=1S/C19H23F5N4O4/c1-25-16(29)27-9-13(7-18(21,31)10-27)28(12-3-4-12)17(30)26-8-11-2-5-14(6-15(11)20)32-19(22,23)24/h2,5-6,12-13,31H,3-4,7-10H2,1H3,(H,25,29)(H,26,30)/t13-,18?/m1/s1. The molecule has 1 unspecified atom stereocenters. The number of amides is 4. The van der Waals surface area contributed by atoms with E-state index in [1.807, 2.05) is 0 Å². The van der Waals surface area contributed by atoms with Crippen LogP contribution in [0.3, 0.4) is 0 Å². The SMILES string of the molecule is CNC(=O)N1C[C@H](N(C(=O)NCc2ccc(OC(F)(F)F)cc2F)C2CC2)CC(O)(F)C1. The normalized spacial score (nSPS) is 23.5. The number of β-amino-alcohol motifs (C(OH)–C–C–N with tert-alkyl or cyclic N) is 1. The van der Waals surface area contributed by atoms with Crippen LogP contribution in [0.15, 0.2) is 18.2 Å². The number of carbonyl (C=O) groups excluding carboxylic acids is 2. The van der Waals surface area contributed by atoms with Gasteiger partial charge in [0.1, 0.15) is 11.6 Å². The average Bonchev–Trinajstić information content (AvgIpc) is 3.49. The van der Waals surface area contributed by atoms with Crippen LogP contribution in [0.4, 0.5) is 31.5 Å². The maximum atomic E-state index is 14.5. The Bertz CT molecular complexity index is 863. The second kappa shape index (κ2) is 8.96. The van der Waals surface area contributed by atoms with Crippen LogP contribution >= 0.6 is 0 Å². The van der Waals surface area contributed by atoms with Crippen LogP contribution in [0.2, 0.25) is 0 Å². The molecule has 1 aromatic rings. The summed E-state index contributed by atoms with van der Waals surface area (Å²) in [5.41, 5.74) is -0.0822. The summed E-state index contributed by atoms with van der Waals surface area (Å²) in [5, 5.41) is 14.8. The number of aliphatic hydroxyl groups is 1. The van der Waals surface area contributed by atoms with E-state index in [1.165, 1.54) is 11.9 Å². The molecule has 1 aromatic carbocycles. The molecule has 1 aliphatic carbocycles. The van der Waals surface area contributed by atoms with E-state index >= 15 is 0 Å². The lowest BCUT2D eigenvalue weighted by Gasteiger charge is -2.43. The van der Waals surface area contributed by atoms with Crippen LogP contribution in [0.1, 0.15) is 24.8 Å². The van der Waals surface area contributed by atoms with Crippen molar-refractivity contribution in [2.45, 2.75) is 50.1 Å². The van der Waals surface area contributed by atoms with E-state index in [9.17, 15) is 36.6 Å². The Hall–Kier alpha value is -2.83. The van der Waals surface area contributed by atoms with Gasteiger partial charge in [0.15, 0.2) is 0 Å². The lowest BCUT2D eigenvalue weighted by atomic mass is 9.99. The maximum absolute atomic E-state index is 14.5. The van der Waals surface area contributed by atoms with E-state index in [1.54, 1.807) is 0 Å². The summed E-state index contributed by atoms with van der Waals surface area (Å²) in [6.45, 7) is -0.888. The molecule has 3 rings (SSSR count). The smallest absolute Gasteiger partial charge is 0.406 e. The minimum absolute atomic E-state index is 0.00629. The van der Waals surface area contributed by atoms with Crippen molar-refractivity contribution in [3.8, 4) is 5.75 Å². The number of nitrogens with zero attached hydrogens (tertiary/aromatic N) is 2. The van der Waals surface area contributed by atoms with Crippen molar-refractivity contribution in [3.63, 3.8) is 0 Å². The number of rotatable bonds is 5. The first-order chi connectivity index (χ1) is 14.9. The molecule has 3 N–H and O–H groups in total. The third kappa shape index (κ3) is 6.11. The van der Waals surface area contributed by atoms with Crippen molar-refractivity contribution < 1.29 is 41.4 Å². The van der Waals surface area contributed by atoms with E-state index in [0.29, 0.717) is 18.9 Å². The van der Waals surface area contributed by atoms with Gasteiger partial charge in [0, 0.05) is 44.2 Å². The third-order valence-electron chi connectivity index (χ3n) is 5.17. The molecule has 1 aliphatic heterocycles. The second-order valence-corrected chi connectivity index (χ2v) is 7.81. The number of piperidine rings is 1. The summed E-state index contributed by atoms with van der Waals surface area (Å²) in [5.74, 6) is -4.43. The summed E-state index contributed by atoms with van der Waals surface area (Å²) in [4.78, 5) is 27.1. The van der Waals surface area contributed by atoms with Gasteiger partial charge in [0.2, 0.25) is 5.85 Å². The Morgan fingerprint density at radius 1 is 1.31 bits per heavy atom. The monoisotopic (exact) mass is 466 g/mol. The molecule has 8 nitrogen and oxygen atoms in total. The van der Waals surface area contributed by atoms with Crippen molar-refractivity contribution in [2.24, 2.45) is 0 Å². The van der Waals surface area contributed by atoms with Crippen LogP contribution in [0.5, 0.6) is 5.75 Å². The van der Waals surface area contributed by atoms with Gasteiger partial charge in [0.05, 0.1) is 12.6 Å². The summed E-state index contributed by atoms with van der Waals surface area (Å²) < 4.78 is 69.0. The van der Waals surface area contributed by atoms with Gasteiger partial charge in [-0.25, -0.2) is 18.4 Å². The summed E-state index contributed by atoms with van der Waals surface area (Å²) in [7, 11) is 1.36. The Kier molecular flexibility index (Phi) is 6.67. The number of ether oxygens (including phenoxy) is 1. The van der Waals surface area contributed by atoms with Gasteiger partial charge in [-0.05, 0) is 18.9 Å². The molecule has 1 saturated carbocycles. The maximum Gasteiger partial charge on any atom is 0.573 e. The molecular formula is C19H23F5N4O4. The van der Waals surface area contributed by atoms with E-state index in [-0.39, 0.29) is 24.7 Å². The molecule has 2 aliphatic rings. The van der Waals surface area contributed by atoms with Crippen LogP contribution < -0.4 is 15.4 Å². The van der Waals surface area contributed by atoms with Crippen molar-refractivity contribution in [1.29, 1.82) is 0 Å². The average molecular weight is 466 g/mol. The molecule has 0 spiro atoms. The molecule has 4 amide bonds. The lowest BCUT2D eigenvalue weighted by Crippen LogP contribution is -2.61. The van der Waals surface area contributed by atoms with Gasteiger partial charge in [-0.2, -0.15) is 0 Å². The zero-order chi connectivity index (χ0) is 23.7. The largest absolute Gasteiger partial charge is 0.573 e. The minimum atomic E-state index is -4.96. The molecule has 2 atom stereocenters. The van der Waals surface area contributed by atoms with Crippen LogP contribution in [-0.4, -0.2) is 71.4 Å². The fourth-order valence-electron chi connectivity index (χ4n) is 3.71.